The first-order valence-electron chi connectivity index (χ1n) is 8.11. The maximum atomic E-state index is 12.5. The Bertz CT molecular complexity index is 958. The summed E-state index contributed by atoms with van der Waals surface area (Å²) in [5, 5.41) is 11.1. The van der Waals surface area contributed by atoms with Gasteiger partial charge in [-0.1, -0.05) is 29.8 Å². The van der Waals surface area contributed by atoms with Crippen LogP contribution in [0.1, 0.15) is 5.56 Å². The molecule has 1 atom stereocenters. The zero-order valence-electron chi connectivity index (χ0n) is 14.3. The van der Waals surface area contributed by atoms with Crippen LogP contribution in [0, 0.1) is 0 Å². The Hall–Kier alpha value is -2.41. The van der Waals surface area contributed by atoms with E-state index in [2.05, 4.69) is 4.98 Å². The minimum Gasteiger partial charge on any atom is -0.496 e. The molecule has 1 heterocycles. The van der Waals surface area contributed by atoms with Crippen LogP contribution in [0.4, 0.5) is 0 Å². The van der Waals surface area contributed by atoms with Gasteiger partial charge in [-0.2, -0.15) is 0 Å². The van der Waals surface area contributed by atoms with Crippen LogP contribution in [0.5, 0.6) is 5.75 Å². The molecular weight excluding hydrogens is 356 g/mol. The number of halogens is 1. The molecule has 0 amide bonds. The van der Waals surface area contributed by atoms with Crippen molar-refractivity contribution in [2.45, 2.75) is 19.3 Å². The summed E-state index contributed by atoms with van der Waals surface area (Å²) >= 11 is 5.94. The van der Waals surface area contributed by atoms with Crippen molar-refractivity contribution in [2.75, 3.05) is 13.7 Å². The molecule has 0 saturated carbocycles. The highest BCUT2D eigenvalue weighted by Crippen LogP contribution is 2.18. The summed E-state index contributed by atoms with van der Waals surface area (Å²) < 4.78 is 12.2. The van der Waals surface area contributed by atoms with Gasteiger partial charge >= 0.3 is 0 Å². The third kappa shape index (κ3) is 4.22. The Kier molecular flexibility index (Phi) is 5.88. The van der Waals surface area contributed by atoms with E-state index in [-0.39, 0.29) is 18.7 Å². The lowest BCUT2D eigenvalue weighted by molar-refractivity contribution is 0.0192. The molecule has 0 aliphatic carbocycles. The SMILES string of the molecule is COc1ccccc1COCC(O)Cn1cnc2ccc(Cl)cc2c1=O. The van der Waals surface area contributed by atoms with E-state index in [1.54, 1.807) is 25.3 Å². The van der Waals surface area contributed by atoms with E-state index in [1.165, 1.54) is 10.9 Å². The Morgan fingerprint density at radius 2 is 2.08 bits per heavy atom. The second kappa shape index (κ2) is 8.31. The maximum absolute atomic E-state index is 12.5. The van der Waals surface area contributed by atoms with E-state index in [0.29, 0.717) is 22.5 Å². The van der Waals surface area contributed by atoms with Crippen molar-refractivity contribution in [1.29, 1.82) is 0 Å². The van der Waals surface area contributed by atoms with Crippen molar-refractivity contribution in [2.24, 2.45) is 0 Å². The summed E-state index contributed by atoms with van der Waals surface area (Å²) in [5.41, 5.74) is 1.21. The van der Waals surface area contributed by atoms with E-state index in [4.69, 9.17) is 21.1 Å². The van der Waals surface area contributed by atoms with Crippen LogP contribution in [-0.2, 0) is 17.9 Å². The lowest BCUT2D eigenvalue weighted by Crippen LogP contribution is -2.29. The van der Waals surface area contributed by atoms with E-state index in [0.717, 1.165) is 11.3 Å². The molecule has 0 aliphatic rings. The molecule has 0 aliphatic heterocycles. The van der Waals surface area contributed by atoms with Crippen molar-refractivity contribution in [3.63, 3.8) is 0 Å². The number of ether oxygens (including phenoxy) is 2. The van der Waals surface area contributed by atoms with Crippen LogP contribution < -0.4 is 10.3 Å². The molecule has 1 N–H and O–H groups in total. The van der Waals surface area contributed by atoms with Crippen molar-refractivity contribution in [3.05, 3.63) is 69.7 Å². The van der Waals surface area contributed by atoms with Gasteiger partial charge in [0, 0.05) is 10.6 Å². The van der Waals surface area contributed by atoms with E-state index >= 15 is 0 Å². The largest absolute Gasteiger partial charge is 0.496 e. The summed E-state index contributed by atoms with van der Waals surface area (Å²) in [4.78, 5) is 16.7. The number of hydrogen-bond donors (Lipinski definition) is 1. The number of hydrogen-bond acceptors (Lipinski definition) is 5. The van der Waals surface area contributed by atoms with Gasteiger partial charge in [0.2, 0.25) is 0 Å². The van der Waals surface area contributed by atoms with Crippen LogP contribution in [0.3, 0.4) is 0 Å². The highest BCUT2D eigenvalue weighted by molar-refractivity contribution is 6.31. The molecular formula is C19H19ClN2O4. The lowest BCUT2D eigenvalue weighted by atomic mass is 10.2. The van der Waals surface area contributed by atoms with Gasteiger partial charge in [-0.15, -0.1) is 0 Å². The van der Waals surface area contributed by atoms with Crippen LogP contribution in [0.15, 0.2) is 53.6 Å². The van der Waals surface area contributed by atoms with E-state index < -0.39 is 6.10 Å². The van der Waals surface area contributed by atoms with Crippen LogP contribution in [0.2, 0.25) is 5.02 Å². The maximum Gasteiger partial charge on any atom is 0.261 e. The Morgan fingerprint density at radius 3 is 2.88 bits per heavy atom. The summed E-state index contributed by atoms with van der Waals surface area (Å²) in [6.07, 6.45) is 0.572. The minimum atomic E-state index is -0.846. The van der Waals surface area contributed by atoms with Gasteiger partial charge in [0.05, 0.1) is 50.2 Å². The monoisotopic (exact) mass is 374 g/mol. The number of benzene rings is 2. The second-order valence-electron chi connectivity index (χ2n) is 5.84. The normalized spacial score (nSPS) is 12.3. The van der Waals surface area contributed by atoms with Gasteiger partial charge in [-0.3, -0.25) is 9.36 Å². The van der Waals surface area contributed by atoms with E-state index in [1.807, 2.05) is 24.3 Å². The molecule has 6 nitrogen and oxygen atoms in total. The van der Waals surface area contributed by atoms with Gasteiger partial charge in [-0.25, -0.2) is 4.98 Å². The minimum absolute atomic E-state index is 0.0814. The van der Waals surface area contributed by atoms with Crippen LogP contribution >= 0.6 is 11.6 Å². The zero-order valence-corrected chi connectivity index (χ0v) is 15.0. The smallest absolute Gasteiger partial charge is 0.261 e. The third-order valence-electron chi connectivity index (χ3n) is 3.95. The molecule has 0 spiro atoms. The van der Waals surface area contributed by atoms with E-state index in [9.17, 15) is 9.90 Å². The Labute approximate surface area is 155 Å². The summed E-state index contributed by atoms with van der Waals surface area (Å²) in [6.45, 7) is 0.472. The first kappa shape index (κ1) is 18.4. The number of fused-ring (bicyclic) bond motifs is 1. The average Bonchev–Trinajstić information content (AvgIpc) is 2.65. The zero-order chi connectivity index (χ0) is 18.5. The molecule has 136 valence electrons. The third-order valence-corrected chi connectivity index (χ3v) is 4.19. The van der Waals surface area contributed by atoms with Gasteiger partial charge in [0.25, 0.3) is 5.56 Å². The fraction of sp³-hybridized carbons (Fsp3) is 0.263. The summed E-state index contributed by atoms with van der Waals surface area (Å²) in [6, 6.07) is 12.5. The van der Waals surface area contributed by atoms with Crippen molar-refractivity contribution < 1.29 is 14.6 Å². The van der Waals surface area contributed by atoms with Crippen LogP contribution in [-0.4, -0.2) is 34.5 Å². The Morgan fingerprint density at radius 1 is 1.27 bits per heavy atom. The number of aliphatic hydroxyl groups excluding tert-OH is 1. The average molecular weight is 375 g/mol. The molecule has 3 rings (SSSR count). The quantitative estimate of drug-likeness (QED) is 0.688. The fourth-order valence-electron chi connectivity index (χ4n) is 2.67. The number of methoxy groups -OCH3 is 1. The van der Waals surface area contributed by atoms with Crippen LogP contribution in [0.25, 0.3) is 10.9 Å². The van der Waals surface area contributed by atoms with Crippen molar-refractivity contribution in [3.8, 4) is 5.75 Å². The van der Waals surface area contributed by atoms with Gasteiger partial charge in [-0.05, 0) is 24.3 Å². The topological polar surface area (TPSA) is 73.6 Å². The first-order chi connectivity index (χ1) is 12.6. The summed E-state index contributed by atoms with van der Waals surface area (Å²) in [5.74, 6) is 0.730. The second-order valence-corrected chi connectivity index (χ2v) is 6.28. The molecule has 1 unspecified atom stereocenters. The van der Waals surface area contributed by atoms with Gasteiger partial charge < -0.3 is 14.6 Å². The first-order valence-corrected chi connectivity index (χ1v) is 8.48. The fourth-order valence-corrected chi connectivity index (χ4v) is 2.84. The lowest BCUT2D eigenvalue weighted by Gasteiger charge is -2.14. The van der Waals surface area contributed by atoms with Crippen molar-refractivity contribution in [1.82, 2.24) is 9.55 Å². The Balaban J connectivity index is 1.63. The molecule has 0 radical (unpaired) electrons. The number of nitrogens with zero attached hydrogens (tertiary/aromatic N) is 2. The predicted molar refractivity (Wildman–Crippen MR) is 99.7 cm³/mol. The van der Waals surface area contributed by atoms with Gasteiger partial charge in [0.1, 0.15) is 5.75 Å². The number of aromatic nitrogens is 2. The molecule has 0 bridgehead atoms. The highest BCUT2D eigenvalue weighted by Gasteiger charge is 2.11. The highest BCUT2D eigenvalue weighted by atomic mass is 35.5. The number of rotatable bonds is 7. The molecule has 3 aromatic rings. The molecule has 0 saturated heterocycles. The predicted octanol–water partition coefficient (Wildman–Crippen LogP) is 2.64. The number of aliphatic hydroxyl groups is 1. The number of para-hydroxylation sites is 1. The molecule has 7 heteroatoms. The molecule has 26 heavy (non-hydrogen) atoms. The standard InChI is InChI=1S/C19H19ClN2O4/c1-25-18-5-3-2-4-13(18)10-26-11-15(23)9-22-12-21-17-7-6-14(20)8-16(17)19(22)24/h2-8,12,15,23H,9-11H2,1H3. The molecule has 0 fully saturated rings. The molecule has 1 aromatic heterocycles. The summed E-state index contributed by atoms with van der Waals surface area (Å²) in [7, 11) is 1.60. The van der Waals surface area contributed by atoms with Gasteiger partial charge in [0.15, 0.2) is 0 Å². The molecule has 2 aromatic carbocycles. The van der Waals surface area contributed by atoms with Crippen molar-refractivity contribution >= 4 is 22.5 Å².